The third-order valence-electron chi connectivity index (χ3n) is 2.04. The highest BCUT2D eigenvalue weighted by Gasteiger charge is 2.02. The minimum absolute atomic E-state index is 0.0889. The van der Waals surface area contributed by atoms with Crippen molar-refractivity contribution in [2.45, 2.75) is 44.9 Å². The summed E-state index contributed by atoms with van der Waals surface area (Å²) in [6, 6.07) is 0. The van der Waals surface area contributed by atoms with Gasteiger partial charge in [0.2, 0.25) is 0 Å². The molecule has 3 nitrogen and oxygen atoms in total. The molecule has 0 fully saturated rings. The van der Waals surface area contributed by atoms with Crippen LogP contribution in [0.5, 0.6) is 0 Å². The molecule has 0 spiro atoms. The van der Waals surface area contributed by atoms with Crippen LogP contribution in [0.4, 0.5) is 0 Å². The first-order chi connectivity index (χ1) is 6.56. The minimum Gasteiger partial charge on any atom is -0.286 e. The molecule has 0 saturated heterocycles. The van der Waals surface area contributed by atoms with Gasteiger partial charge in [-0.15, -0.1) is 0 Å². The summed E-state index contributed by atoms with van der Waals surface area (Å²) in [4.78, 5) is 0. The quantitative estimate of drug-likeness (QED) is 0.403. The Bertz CT molecular complexity index is 214. The Morgan fingerprint density at radius 2 is 1.29 bits per heavy atom. The Hall–Kier alpha value is 0.390. The number of hydrogen-bond donors (Lipinski definition) is 1. The average molecular weight is 287 g/mol. The highest BCUT2D eigenvalue weighted by molar-refractivity contribution is 9.09. The lowest BCUT2D eigenvalue weighted by Gasteiger charge is -1.99. The van der Waals surface area contributed by atoms with Crippen LogP contribution in [0.15, 0.2) is 0 Å². The maximum Gasteiger partial charge on any atom is 0.264 e. The Morgan fingerprint density at radius 3 is 1.71 bits per heavy atom. The lowest BCUT2D eigenvalue weighted by atomic mass is 10.1. The second-order valence-corrected chi connectivity index (χ2v) is 5.81. The predicted octanol–water partition coefficient (Wildman–Crippen LogP) is 3.00. The molecule has 0 unspecified atom stereocenters. The van der Waals surface area contributed by atoms with Gasteiger partial charge in [-0.05, 0) is 12.8 Å². The van der Waals surface area contributed by atoms with Crippen molar-refractivity contribution in [1.82, 2.24) is 0 Å². The van der Waals surface area contributed by atoms with E-state index in [-0.39, 0.29) is 5.75 Å². The molecule has 14 heavy (non-hydrogen) atoms. The Kier molecular flexibility index (Phi) is 8.92. The number of hydrogen-bond acceptors (Lipinski definition) is 2. The molecule has 0 aliphatic carbocycles. The number of alkyl halides is 1. The van der Waals surface area contributed by atoms with Crippen molar-refractivity contribution >= 4 is 26.0 Å². The van der Waals surface area contributed by atoms with Gasteiger partial charge >= 0.3 is 0 Å². The first-order valence-electron chi connectivity index (χ1n) is 5.07. The van der Waals surface area contributed by atoms with Crippen LogP contribution in [0.3, 0.4) is 0 Å². The molecule has 5 heteroatoms. The number of halogens is 1. The van der Waals surface area contributed by atoms with Gasteiger partial charge in [-0.1, -0.05) is 48.0 Å². The number of rotatable bonds is 9. The lowest BCUT2D eigenvalue weighted by molar-refractivity contribution is 0.478. The first-order valence-corrected chi connectivity index (χ1v) is 7.80. The summed E-state index contributed by atoms with van der Waals surface area (Å²) in [6.07, 6.45) is 7.38. The molecule has 0 radical (unpaired) electrons. The van der Waals surface area contributed by atoms with Gasteiger partial charge in [-0.2, -0.15) is 8.42 Å². The van der Waals surface area contributed by atoms with Crippen molar-refractivity contribution in [3.8, 4) is 0 Å². The van der Waals surface area contributed by atoms with E-state index in [1.807, 2.05) is 0 Å². The molecule has 0 bridgehead atoms. The van der Waals surface area contributed by atoms with E-state index >= 15 is 0 Å². The molecule has 0 rings (SSSR count). The van der Waals surface area contributed by atoms with Gasteiger partial charge in [0.05, 0.1) is 5.75 Å². The highest BCUT2D eigenvalue weighted by atomic mass is 79.9. The third-order valence-corrected chi connectivity index (χ3v) is 3.40. The molecule has 1 N–H and O–H groups in total. The average Bonchev–Trinajstić information content (AvgIpc) is 2.08. The summed E-state index contributed by atoms with van der Waals surface area (Å²) in [5, 5.41) is 1.07. The van der Waals surface area contributed by atoms with E-state index < -0.39 is 10.1 Å². The normalized spacial score (nSPS) is 11.9. The second kappa shape index (κ2) is 8.68. The summed E-state index contributed by atoms with van der Waals surface area (Å²) in [5.41, 5.74) is 0. The van der Waals surface area contributed by atoms with E-state index in [9.17, 15) is 8.42 Å². The molecule has 0 aliphatic heterocycles. The third kappa shape index (κ3) is 12.4. The largest absolute Gasteiger partial charge is 0.286 e. The molecule has 0 saturated carbocycles. The van der Waals surface area contributed by atoms with Crippen molar-refractivity contribution in [2.75, 3.05) is 11.1 Å². The van der Waals surface area contributed by atoms with E-state index in [0.29, 0.717) is 6.42 Å². The summed E-state index contributed by atoms with van der Waals surface area (Å²) >= 11 is 3.37. The first kappa shape index (κ1) is 14.4. The van der Waals surface area contributed by atoms with Crippen molar-refractivity contribution in [1.29, 1.82) is 0 Å². The molecule has 0 aromatic rings. The van der Waals surface area contributed by atoms with Crippen LogP contribution in [0, 0.1) is 0 Å². The fourth-order valence-corrected chi connectivity index (χ4v) is 2.23. The second-order valence-electron chi connectivity index (χ2n) is 3.45. The van der Waals surface area contributed by atoms with Gasteiger partial charge in [-0.25, -0.2) is 0 Å². The topological polar surface area (TPSA) is 54.4 Å². The molecule has 0 heterocycles. The van der Waals surface area contributed by atoms with E-state index in [0.717, 1.165) is 18.2 Å². The molecule has 0 aliphatic rings. The SMILES string of the molecule is O=S(=O)(O)CCCCCCCCCBr. The van der Waals surface area contributed by atoms with Crippen molar-refractivity contribution in [3.05, 3.63) is 0 Å². The Morgan fingerprint density at radius 1 is 0.857 bits per heavy atom. The lowest BCUT2D eigenvalue weighted by Crippen LogP contribution is -2.03. The van der Waals surface area contributed by atoms with Gasteiger partial charge in [0, 0.05) is 5.33 Å². The van der Waals surface area contributed by atoms with Gasteiger partial charge in [0.25, 0.3) is 10.1 Å². The smallest absolute Gasteiger partial charge is 0.264 e. The molecular weight excluding hydrogens is 268 g/mol. The molecule has 0 aromatic heterocycles. The van der Waals surface area contributed by atoms with Crippen LogP contribution >= 0.6 is 15.9 Å². The standard InChI is InChI=1S/C9H19BrO3S/c10-8-6-4-2-1-3-5-7-9-14(11,12)13/h1-9H2,(H,11,12,13). The van der Waals surface area contributed by atoms with Crippen LogP contribution in [-0.2, 0) is 10.1 Å². The van der Waals surface area contributed by atoms with Crippen LogP contribution in [0.25, 0.3) is 0 Å². The Balaban J connectivity index is 3.07. The maximum absolute atomic E-state index is 10.4. The molecule has 0 aromatic carbocycles. The summed E-state index contributed by atoms with van der Waals surface area (Å²) in [5.74, 6) is -0.0889. The van der Waals surface area contributed by atoms with E-state index in [1.54, 1.807) is 0 Å². The zero-order valence-corrected chi connectivity index (χ0v) is 10.8. The van der Waals surface area contributed by atoms with E-state index in [4.69, 9.17) is 4.55 Å². The minimum atomic E-state index is -3.73. The van der Waals surface area contributed by atoms with E-state index in [2.05, 4.69) is 15.9 Å². The fourth-order valence-electron chi connectivity index (χ4n) is 1.26. The predicted molar refractivity (Wildman–Crippen MR) is 62.5 cm³/mol. The zero-order chi connectivity index (χ0) is 10.9. The molecule has 0 amide bonds. The highest BCUT2D eigenvalue weighted by Crippen LogP contribution is 2.08. The molecular formula is C9H19BrO3S. The van der Waals surface area contributed by atoms with Crippen LogP contribution < -0.4 is 0 Å². The van der Waals surface area contributed by atoms with E-state index in [1.165, 1.54) is 25.7 Å². The summed E-state index contributed by atoms with van der Waals surface area (Å²) in [7, 11) is -3.73. The summed E-state index contributed by atoms with van der Waals surface area (Å²) in [6.45, 7) is 0. The number of unbranched alkanes of at least 4 members (excludes halogenated alkanes) is 6. The van der Waals surface area contributed by atoms with Crippen molar-refractivity contribution in [3.63, 3.8) is 0 Å². The maximum atomic E-state index is 10.4. The van der Waals surface area contributed by atoms with Gasteiger partial charge in [0.1, 0.15) is 0 Å². The van der Waals surface area contributed by atoms with Crippen molar-refractivity contribution < 1.29 is 13.0 Å². The van der Waals surface area contributed by atoms with Crippen molar-refractivity contribution in [2.24, 2.45) is 0 Å². The van der Waals surface area contributed by atoms with Gasteiger partial charge < -0.3 is 0 Å². The van der Waals surface area contributed by atoms with Crippen LogP contribution in [0.2, 0.25) is 0 Å². The monoisotopic (exact) mass is 286 g/mol. The van der Waals surface area contributed by atoms with Crippen LogP contribution in [-0.4, -0.2) is 24.1 Å². The molecule has 0 atom stereocenters. The summed E-state index contributed by atoms with van der Waals surface area (Å²) < 4.78 is 29.2. The molecule has 86 valence electrons. The Labute approximate surface area is 95.2 Å². The van der Waals surface area contributed by atoms with Gasteiger partial charge in [0.15, 0.2) is 0 Å². The van der Waals surface area contributed by atoms with Crippen LogP contribution in [0.1, 0.15) is 44.9 Å². The van der Waals surface area contributed by atoms with Gasteiger partial charge in [-0.3, -0.25) is 4.55 Å². The fraction of sp³-hybridized carbons (Fsp3) is 1.00. The zero-order valence-electron chi connectivity index (χ0n) is 8.41.